The van der Waals surface area contributed by atoms with Crippen LogP contribution < -0.4 is 0 Å². The van der Waals surface area contributed by atoms with Crippen LogP contribution in [0.4, 0.5) is 13.2 Å². The Labute approximate surface area is 119 Å². The van der Waals surface area contributed by atoms with Crippen LogP contribution in [0, 0.1) is 0 Å². The number of hydrogen-bond donors (Lipinski definition) is 0. The molecule has 21 heavy (non-hydrogen) atoms. The highest BCUT2D eigenvalue weighted by Crippen LogP contribution is 2.37. The molecule has 0 aromatic carbocycles. The van der Waals surface area contributed by atoms with Crippen molar-refractivity contribution in [3.63, 3.8) is 0 Å². The fourth-order valence-electron chi connectivity index (χ4n) is 1.19. The lowest BCUT2D eigenvalue weighted by atomic mass is 11.6. The Hall–Kier alpha value is -0.450. The molecule has 0 saturated heterocycles. The molecule has 0 unspecified atom stereocenters. The average molecular weight is 398 g/mol. The molecule has 9 nitrogen and oxygen atoms in total. The van der Waals surface area contributed by atoms with Crippen molar-refractivity contribution in [1.29, 1.82) is 0 Å². The summed E-state index contributed by atoms with van der Waals surface area (Å²) in [6.45, 7) is 0. The van der Waals surface area contributed by atoms with Crippen LogP contribution >= 0.6 is 0 Å². The van der Waals surface area contributed by atoms with Gasteiger partial charge in [0, 0.05) is 18.8 Å². The first kappa shape index (κ1) is 20.6. The van der Waals surface area contributed by atoms with Gasteiger partial charge in [-0.05, 0) is 0 Å². The highest BCUT2D eigenvalue weighted by atomic mass is 32.3. The molecule has 0 radical (unpaired) electrons. The van der Waals surface area contributed by atoms with Gasteiger partial charge in [0.15, 0.2) is 0 Å². The maximum absolute atomic E-state index is 12.2. The van der Waals surface area contributed by atoms with E-state index < -0.39 is 48.7 Å². The molecule has 16 heteroatoms. The summed E-state index contributed by atoms with van der Waals surface area (Å²) in [5, 5.41) is 0. The highest BCUT2D eigenvalue weighted by Gasteiger charge is 2.67. The Kier molecular flexibility index (Phi) is 4.93. The molecule has 0 heterocycles. The summed E-state index contributed by atoms with van der Waals surface area (Å²) in [5.74, 6) is 0. The first-order valence-corrected chi connectivity index (χ1v) is 11.4. The normalized spacial score (nSPS) is 15.9. The Morgan fingerprint density at radius 1 is 0.667 bits per heavy atom. The number of sulfone groups is 3. The zero-order valence-electron chi connectivity index (χ0n) is 10.4. The summed E-state index contributed by atoms with van der Waals surface area (Å²) < 4.78 is 126. The minimum atomic E-state index is -6.84. The van der Waals surface area contributed by atoms with Gasteiger partial charge in [-0.3, -0.25) is 0 Å². The zero-order chi connectivity index (χ0) is 17.7. The molecule has 0 N–H and O–H groups in total. The van der Waals surface area contributed by atoms with E-state index >= 15 is 0 Å². The molecule has 0 amide bonds. The molecule has 0 aromatic heterocycles. The molecule has 0 atom stereocenters. The van der Waals surface area contributed by atoms with Gasteiger partial charge in [-0.15, -0.1) is 0 Å². The van der Waals surface area contributed by atoms with Crippen molar-refractivity contribution >= 4 is 39.6 Å². The molecule has 0 aromatic rings. The standard InChI is InChI=1S/C5H9F3O9S4/c1-18(9,10)5(19(2,11)12,20(3,13)14)17-21(15,16)4(6,7)8/h1-3H3. The predicted octanol–water partition coefficient (Wildman–Crippen LogP) is -1.40. The Bertz CT molecular complexity index is 749. The summed E-state index contributed by atoms with van der Waals surface area (Å²) >= 11 is 0. The van der Waals surface area contributed by atoms with Gasteiger partial charge in [0.25, 0.3) is 0 Å². The van der Waals surface area contributed by atoms with Crippen LogP contribution in [0.2, 0.25) is 0 Å². The van der Waals surface area contributed by atoms with Crippen LogP contribution in [0.1, 0.15) is 0 Å². The third kappa shape index (κ3) is 3.49. The minimum Gasteiger partial charge on any atom is -0.224 e. The average Bonchev–Trinajstić information content (AvgIpc) is 2.05. The van der Waals surface area contributed by atoms with E-state index in [0.29, 0.717) is 0 Å². The summed E-state index contributed by atoms with van der Waals surface area (Å²) in [6, 6.07) is 0. The lowest BCUT2D eigenvalue weighted by Gasteiger charge is -2.27. The van der Waals surface area contributed by atoms with E-state index in [2.05, 4.69) is 4.18 Å². The molecule has 0 aliphatic carbocycles. The van der Waals surface area contributed by atoms with Gasteiger partial charge in [0.1, 0.15) is 0 Å². The monoisotopic (exact) mass is 398 g/mol. The van der Waals surface area contributed by atoms with Crippen LogP contribution in [-0.4, -0.2) is 61.5 Å². The highest BCUT2D eigenvalue weighted by molar-refractivity contribution is 8.25. The summed E-state index contributed by atoms with van der Waals surface area (Å²) in [5.41, 5.74) is -6.24. The number of rotatable bonds is 5. The van der Waals surface area contributed by atoms with Crippen LogP contribution in [0.3, 0.4) is 0 Å². The summed E-state index contributed by atoms with van der Waals surface area (Å²) in [6.07, 6.45) is -0.289. The van der Waals surface area contributed by atoms with E-state index in [-0.39, 0.29) is 18.8 Å². The third-order valence-electron chi connectivity index (χ3n) is 1.86. The van der Waals surface area contributed by atoms with Crippen molar-refractivity contribution in [2.45, 2.75) is 9.11 Å². The largest absolute Gasteiger partial charge is 0.523 e. The van der Waals surface area contributed by atoms with Crippen molar-refractivity contribution in [3.8, 4) is 0 Å². The van der Waals surface area contributed by atoms with Gasteiger partial charge in [-0.25, -0.2) is 29.4 Å². The zero-order valence-corrected chi connectivity index (χ0v) is 13.7. The molecule has 128 valence electrons. The topological polar surface area (TPSA) is 146 Å². The van der Waals surface area contributed by atoms with Crippen LogP contribution in [0.25, 0.3) is 0 Å². The Morgan fingerprint density at radius 2 is 0.905 bits per heavy atom. The molecular formula is C5H9F3O9S4. The molecule has 0 fully saturated rings. The van der Waals surface area contributed by atoms with Gasteiger partial charge in [-0.2, -0.15) is 21.6 Å². The maximum atomic E-state index is 12.2. The lowest BCUT2D eigenvalue weighted by molar-refractivity contribution is -0.0544. The molecular weight excluding hydrogens is 389 g/mol. The predicted molar refractivity (Wildman–Crippen MR) is 63.3 cm³/mol. The fraction of sp³-hybridized carbons (Fsp3) is 1.00. The first-order valence-electron chi connectivity index (χ1n) is 4.31. The van der Waals surface area contributed by atoms with Gasteiger partial charge >= 0.3 is 19.2 Å². The van der Waals surface area contributed by atoms with Crippen molar-refractivity contribution in [2.24, 2.45) is 0 Å². The number of alkyl halides is 3. The molecule has 0 saturated carbocycles. The molecule has 0 rings (SSSR count). The minimum absolute atomic E-state index is 0.0962. The Morgan fingerprint density at radius 3 is 1.05 bits per heavy atom. The van der Waals surface area contributed by atoms with Gasteiger partial charge in [0.2, 0.25) is 29.5 Å². The molecule has 0 aliphatic heterocycles. The summed E-state index contributed by atoms with van der Waals surface area (Å²) in [7, 11) is -23.4. The van der Waals surface area contributed by atoms with Crippen LogP contribution in [0.5, 0.6) is 0 Å². The second kappa shape index (κ2) is 5.04. The Balaban J connectivity index is 6.98. The smallest absolute Gasteiger partial charge is 0.224 e. The van der Waals surface area contributed by atoms with Crippen molar-refractivity contribution in [1.82, 2.24) is 0 Å². The van der Waals surface area contributed by atoms with E-state index in [1.165, 1.54) is 0 Å². The van der Waals surface area contributed by atoms with Gasteiger partial charge in [-0.1, -0.05) is 0 Å². The van der Waals surface area contributed by atoms with Crippen LogP contribution in [0.15, 0.2) is 0 Å². The van der Waals surface area contributed by atoms with Gasteiger partial charge < -0.3 is 0 Å². The fourth-order valence-corrected chi connectivity index (χ4v) is 10.4. The van der Waals surface area contributed by atoms with E-state index in [4.69, 9.17) is 0 Å². The van der Waals surface area contributed by atoms with E-state index in [1.54, 1.807) is 0 Å². The third-order valence-corrected chi connectivity index (χ3v) is 11.6. The molecule has 0 spiro atoms. The van der Waals surface area contributed by atoms with E-state index in [1.807, 2.05) is 0 Å². The number of halogens is 3. The van der Waals surface area contributed by atoms with E-state index in [9.17, 15) is 46.8 Å². The molecule has 0 bridgehead atoms. The first-order chi connectivity index (χ1) is 8.71. The van der Waals surface area contributed by atoms with Crippen molar-refractivity contribution in [3.05, 3.63) is 0 Å². The van der Waals surface area contributed by atoms with Gasteiger partial charge in [0.05, 0.1) is 0 Å². The van der Waals surface area contributed by atoms with Crippen molar-refractivity contribution in [2.75, 3.05) is 18.8 Å². The van der Waals surface area contributed by atoms with E-state index in [0.717, 1.165) is 0 Å². The number of hydrogen-bond acceptors (Lipinski definition) is 9. The second-order valence-electron chi connectivity index (χ2n) is 3.80. The molecule has 0 aliphatic rings. The van der Waals surface area contributed by atoms with Crippen molar-refractivity contribution < 1.29 is 51.0 Å². The van der Waals surface area contributed by atoms with Crippen LogP contribution in [-0.2, 0) is 43.8 Å². The lowest BCUT2D eigenvalue weighted by Crippen LogP contribution is -2.56. The quantitative estimate of drug-likeness (QED) is 0.403. The maximum Gasteiger partial charge on any atom is 0.523 e. The second-order valence-corrected chi connectivity index (χ2v) is 12.5. The SMILES string of the molecule is CS(=O)(=O)C(OS(=O)(=O)C(F)(F)F)(S(C)(=O)=O)S(C)(=O)=O. The summed E-state index contributed by atoms with van der Waals surface area (Å²) in [4.78, 5) is 0.